The molecule has 2 aromatic heterocycles. The molecule has 1 amide bonds. The number of anilines is 1. The average Bonchev–Trinajstić information content (AvgIpc) is 3.03. The van der Waals surface area contributed by atoms with E-state index < -0.39 is 0 Å². The van der Waals surface area contributed by atoms with Crippen molar-refractivity contribution in [2.24, 2.45) is 0 Å². The van der Waals surface area contributed by atoms with E-state index in [0.717, 1.165) is 10.2 Å². The van der Waals surface area contributed by atoms with Crippen LogP contribution in [0.3, 0.4) is 0 Å². The number of rotatable bonds is 4. The number of thioether (sulfide) groups is 1. The summed E-state index contributed by atoms with van der Waals surface area (Å²) in [5, 5.41) is 3.92. The Labute approximate surface area is 149 Å². The Balaban J connectivity index is 1.46. The summed E-state index contributed by atoms with van der Waals surface area (Å²) in [7, 11) is 0. The van der Waals surface area contributed by atoms with E-state index in [-0.39, 0.29) is 22.4 Å². The lowest BCUT2D eigenvalue weighted by atomic mass is 10.3. The topological polar surface area (TPSA) is 85.1 Å². The summed E-state index contributed by atoms with van der Waals surface area (Å²) in [6.07, 6.45) is 0. The molecule has 0 fully saturated rings. The van der Waals surface area contributed by atoms with Crippen LogP contribution in [0, 0.1) is 0 Å². The second-order valence-electron chi connectivity index (χ2n) is 5.10. The van der Waals surface area contributed by atoms with Crippen LogP contribution in [-0.2, 0) is 4.79 Å². The van der Waals surface area contributed by atoms with Crippen LogP contribution in [0.15, 0.2) is 63.0 Å². The molecule has 0 atom stereocenters. The SMILES string of the molecule is O=C(CSc1nc2ccccc2o1)Nc1nc(=O)c2ccccc2s1. The molecule has 0 aliphatic rings. The van der Waals surface area contributed by atoms with Gasteiger partial charge in [0.25, 0.3) is 10.8 Å². The fraction of sp³-hybridized carbons (Fsp3) is 0.0588. The number of fused-ring (bicyclic) bond motifs is 2. The van der Waals surface area contributed by atoms with Crippen LogP contribution in [0.5, 0.6) is 0 Å². The Kier molecular flexibility index (Phi) is 4.21. The van der Waals surface area contributed by atoms with Gasteiger partial charge in [0.2, 0.25) is 5.91 Å². The van der Waals surface area contributed by atoms with Crippen molar-refractivity contribution in [1.29, 1.82) is 0 Å². The lowest BCUT2D eigenvalue weighted by molar-refractivity contribution is -0.113. The van der Waals surface area contributed by atoms with Crippen LogP contribution in [0.1, 0.15) is 0 Å². The molecule has 4 aromatic rings. The van der Waals surface area contributed by atoms with Crippen molar-refractivity contribution in [3.05, 3.63) is 58.9 Å². The molecule has 6 nitrogen and oxygen atoms in total. The summed E-state index contributed by atoms with van der Waals surface area (Å²) >= 11 is 2.45. The van der Waals surface area contributed by atoms with Gasteiger partial charge in [-0.15, -0.1) is 0 Å². The third-order valence-corrected chi connectivity index (χ3v) is 5.17. The first-order valence-electron chi connectivity index (χ1n) is 7.37. The van der Waals surface area contributed by atoms with Gasteiger partial charge in [0.15, 0.2) is 10.7 Å². The molecule has 0 aliphatic heterocycles. The maximum absolute atomic E-state index is 12.1. The molecule has 25 heavy (non-hydrogen) atoms. The van der Waals surface area contributed by atoms with Gasteiger partial charge in [0, 0.05) is 4.70 Å². The zero-order valence-corrected chi connectivity index (χ0v) is 14.4. The van der Waals surface area contributed by atoms with Crippen molar-refractivity contribution in [3.8, 4) is 0 Å². The molecule has 0 bridgehead atoms. The standard InChI is InChI=1S/C17H11N3O3S2/c21-14(9-24-17-18-11-6-2-3-7-12(11)23-17)19-16-20-15(22)10-5-1-4-8-13(10)25-16/h1-8H,9H2,(H,19,20,21,22). The zero-order chi connectivity index (χ0) is 17.2. The number of amides is 1. The summed E-state index contributed by atoms with van der Waals surface area (Å²) in [6, 6.07) is 14.6. The smallest absolute Gasteiger partial charge is 0.281 e. The second-order valence-corrected chi connectivity index (χ2v) is 7.06. The molecule has 0 saturated carbocycles. The number of hydrogen-bond acceptors (Lipinski definition) is 7. The summed E-state index contributed by atoms with van der Waals surface area (Å²) in [6.45, 7) is 0. The molecule has 0 spiro atoms. The molecule has 0 saturated heterocycles. The van der Waals surface area contributed by atoms with Crippen molar-refractivity contribution in [2.45, 2.75) is 5.22 Å². The van der Waals surface area contributed by atoms with E-state index >= 15 is 0 Å². The Morgan fingerprint density at radius 2 is 1.92 bits per heavy atom. The lowest BCUT2D eigenvalue weighted by Crippen LogP contribution is -2.17. The zero-order valence-electron chi connectivity index (χ0n) is 12.8. The number of oxazole rings is 1. The van der Waals surface area contributed by atoms with E-state index in [2.05, 4.69) is 15.3 Å². The Bertz CT molecular complexity index is 1100. The molecule has 0 unspecified atom stereocenters. The lowest BCUT2D eigenvalue weighted by Gasteiger charge is -2.03. The monoisotopic (exact) mass is 369 g/mol. The number of hydrogen-bond donors (Lipinski definition) is 1. The van der Waals surface area contributed by atoms with Crippen molar-refractivity contribution in [2.75, 3.05) is 11.1 Å². The first-order chi connectivity index (χ1) is 12.2. The number of benzene rings is 2. The summed E-state index contributed by atoms with van der Waals surface area (Å²) in [5.41, 5.74) is 1.08. The predicted molar refractivity (Wildman–Crippen MR) is 99.3 cm³/mol. The van der Waals surface area contributed by atoms with E-state index in [0.29, 0.717) is 16.2 Å². The van der Waals surface area contributed by atoms with Gasteiger partial charge in [-0.1, -0.05) is 47.4 Å². The van der Waals surface area contributed by atoms with Crippen LogP contribution in [0.25, 0.3) is 21.2 Å². The Morgan fingerprint density at radius 3 is 2.80 bits per heavy atom. The first-order valence-corrected chi connectivity index (χ1v) is 9.17. The molecule has 124 valence electrons. The highest BCUT2D eigenvalue weighted by Gasteiger charge is 2.11. The van der Waals surface area contributed by atoms with Gasteiger partial charge >= 0.3 is 0 Å². The van der Waals surface area contributed by atoms with Crippen molar-refractivity contribution in [3.63, 3.8) is 0 Å². The average molecular weight is 369 g/mol. The van der Waals surface area contributed by atoms with Gasteiger partial charge in [-0.3, -0.25) is 9.59 Å². The molecular formula is C17H11N3O3S2. The number of carbonyl (C=O) groups is 1. The van der Waals surface area contributed by atoms with Gasteiger partial charge in [-0.05, 0) is 24.3 Å². The number of carbonyl (C=O) groups excluding carboxylic acids is 1. The van der Waals surface area contributed by atoms with Crippen molar-refractivity contribution < 1.29 is 9.21 Å². The van der Waals surface area contributed by atoms with E-state index in [4.69, 9.17) is 4.42 Å². The van der Waals surface area contributed by atoms with Crippen LogP contribution in [0.2, 0.25) is 0 Å². The highest BCUT2D eigenvalue weighted by molar-refractivity contribution is 7.99. The number of nitrogens with one attached hydrogen (secondary N) is 1. The summed E-state index contributed by atoms with van der Waals surface area (Å²) < 4.78 is 6.34. The van der Waals surface area contributed by atoms with Crippen molar-refractivity contribution >= 4 is 55.3 Å². The highest BCUT2D eigenvalue weighted by atomic mass is 32.2. The fourth-order valence-electron chi connectivity index (χ4n) is 2.26. The number of nitrogens with zero attached hydrogens (tertiary/aromatic N) is 2. The van der Waals surface area contributed by atoms with E-state index in [9.17, 15) is 9.59 Å². The molecule has 0 radical (unpaired) electrons. The molecule has 0 aliphatic carbocycles. The number of aromatic nitrogens is 2. The van der Waals surface area contributed by atoms with Gasteiger partial charge in [-0.2, -0.15) is 4.98 Å². The minimum absolute atomic E-state index is 0.113. The van der Waals surface area contributed by atoms with Gasteiger partial charge in [-0.25, -0.2) is 4.98 Å². The van der Waals surface area contributed by atoms with E-state index in [1.54, 1.807) is 12.1 Å². The van der Waals surface area contributed by atoms with Gasteiger partial charge in [0.1, 0.15) is 5.52 Å². The van der Waals surface area contributed by atoms with Crippen LogP contribution in [-0.4, -0.2) is 21.6 Å². The summed E-state index contributed by atoms with van der Waals surface area (Å²) in [4.78, 5) is 32.3. The van der Waals surface area contributed by atoms with E-state index in [1.165, 1.54) is 23.1 Å². The Morgan fingerprint density at radius 1 is 1.12 bits per heavy atom. The minimum Gasteiger partial charge on any atom is -0.431 e. The third kappa shape index (κ3) is 3.40. The molecule has 2 heterocycles. The quantitative estimate of drug-likeness (QED) is 0.554. The maximum Gasteiger partial charge on any atom is 0.281 e. The van der Waals surface area contributed by atoms with Crippen molar-refractivity contribution in [1.82, 2.24) is 9.97 Å². The molecule has 8 heteroatoms. The van der Waals surface area contributed by atoms with Gasteiger partial charge < -0.3 is 9.73 Å². The summed E-state index contributed by atoms with van der Waals surface area (Å²) in [5.74, 6) is -0.159. The fourth-order valence-corrected chi connectivity index (χ4v) is 3.81. The molecular weight excluding hydrogens is 358 g/mol. The first kappa shape index (κ1) is 15.8. The molecule has 1 N–H and O–H groups in total. The maximum atomic E-state index is 12.1. The molecule has 2 aromatic carbocycles. The largest absolute Gasteiger partial charge is 0.431 e. The molecule has 4 rings (SSSR count). The second kappa shape index (κ2) is 6.66. The third-order valence-electron chi connectivity index (χ3n) is 3.37. The van der Waals surface area contributed by atoms with Crippen LogP contribution < -0.4 is 10.9 Å². The Hall–Kier alpha value is -2.71. The normalized spacial score (nSPS) is 11.0. The highest BCUT2D eigenvalue weighted by Crippen LogP contribution is 2.24. The van der Waals surface area contributed by atoms with Crippen LogP contribution in [0.4, 0.5) is 5.13 Å². The van der Waals surface area contributed by atoms with Crippen LogP contribution >= 0.6 is 23.1 Å². The minimum atomic E-state index is -0.351. The van der Waals surface area contributed by atoms with Gasteiger partial charge in [0.05, 0.1) is 11.1 Å². The van der Waals surface area contributed by atoms with E-state index in [1.807, 2.05) is 36.4 Å². The number of para-hydroxylation sites is 2. The predicted octanol–water partition coefficient (Wildman–Crippen LogP) is 3.53.